The van der Waals surface area contributed by atoms with Gasteiger partial charge in [0.05, 0.1) is 0 Å². The summed E-state index contributed by atoms with van der Waals surface area (Å²) in [6, 6.07) is 6.26. The summed E-state index contributed by atoms with van der Waals surface area (Å²) in [4.78, 5) is 0. The van der Waals surface area contributed by atoms with Crippen LogP contribution >= 0.6 is 0 Å². The summed E-state index contributed by atoms with van der Waals surface area (Å²) in [5, 5.41) is 0. The van der Waals surface area contributed by atoms with E-state index < -0.39 is 0 Å². The molecule has 0 saturated heterocycles. The Hall–Kier alpha value is -1.22. The van der Waals surface area contributed by atoms with E-state index in [2.05, 4.69) is 12.1 Å². The number of hydrogen-bond donors (Lipinski definition) is 1. The highest BCUT2D eigenvalue weighted by Crippen LogP contribution is 2.38. The van der Waals surface area contributed by atoms with E-state index in [0.29, 0.717) is 19.1 Å². The van der Waals surface area contributed by atoms with Crippen LogP contribution in [0.15, 0.2) is 18.2 Å². The molecule has 1 heterocycles. The number of ether oxygens (including phenoxy) is 2. The van der Waals surface area contributed by atoms with Crippen LogP contribution in [0, 0.1) is 5.92 Å². The maximum absolute atomic E-state index is 6.34. The molecule has 17 heavy (non-hydrogen) atoms. The molecule has 3 rings (SSSR count). The van der Waals surface area contributed by atoms with Crippen molar-refractivity contribution in [1.82, 2.24) is 0 Å². The Labute approximate surface area is 102 Å². The van der Waals surface area contributed by atoms with Crippen LogP contribution in [-0.2, 0) is 0 Å². The lowest BCUT2D eigenvalue weighted by atomic mass is 9.92. The Morgan fingerprint density at radius 2 is 1.76 bits per heavy atom. The molecule has 3 heteroatoms. The first-order valence-corrected chi connectivity index (χ1v) is 6.50. The molecule has 1 aromatic rings. The standard InChI is InChI=1S/C14H19NO2/c15-14(10-3-1-2-4-10)11-5-6-12-13(9-11)17-8-7-16-12/h5-6,9-10,14H,1-4,7-8,15H2/t14-/m0/s1. The van der Waals surface area contributed by atoms with Crippen LogP contribution in [0.25, 0.3) is 0 Å². The molecule has 0 aromatic heterocycles. The van der Waals surface area contributed by atoms with E-state index in [1.54, 1.807) is 0 Å². The van der Waals surface area contributed by atoms with Crippen molar-refractivity contribution in [2.24, 2.45) is 11.7 Å². The van der Waals surface area contributed by atoms with E-state index in [-0.39, 0.29) is 6.04 Å². The molecule has 0 spiro atoms. The van der Waals surface area contributed by atoms with E-state index in [0.717, 1.165) is 11.5 Å². The van der Waals surface area contributed by atoms with Crippen molar-refractivity contribution in [3.05, 3.63) is 23.8 Å². The lowest BCUT2D eigenvalue weighted by Crippen LogP contribution is -2.20. The van der Waals surface area contributed by atoms with Crippen LogP contribution in [0.2, 0.25) is 0 Å². The molecule has 1 aliphatic heterocycles. The summed E-state index contributed by atoms with van der Waals surface area (Å²) >= 11 is 0. The molecule has 1 atom stereocenters. The van der Waals surface area contributed by atoms with Gasteiger partial charge >= 0.3 is 0 Å². The van der Waals surface area contributed by atoms with Gasteiger partial charge in [0, 0.05) is 6.04 Å². The van der Waals surface area contributed by atoms with Gasteiger partial charge in [-0.25, -0.2) is 0 Å². The number of fused-ring (bicyclic) bond motifs is 1. The van der Waals surface area contributed by atoms with Crippen LogP contribution in [0.4, 0.5) is 0 Å². The Kier molecular flexibility index (Phi) is 2.93. The van der Waals surface area contributed by atoms with Gasteiger partial charge in [0.2, 0.25) is 0 Å². The smallest absolute Gasteiger partial charge is 0.161 e. The minimum Gasteiger partial charge on any atom is -0.486 e. The van der Waals surface area contributed by atoms with E-state index in [4.69, 9.17) is 15.2 Å². The molecule has 0 unspecified atom stereocenters. The summed E-state index contributed by atoms with van der Waals surface area (Å²) in [5.41, 5.74) is 7.52. The van der Waals surface area contributed by atoms with E-state index in [1.165, 1.54) is 31.2 Å². The second kappa shape index (κ2) is 4.57. The lowest BCUT2D eigenvalue weighted by molar-refractivity contribution is 0.171. The van der Waals surface area contributed by atoms with Crippen molar-refractivity contribution in [2.45, 2.75) is 31.7 Å². The van der Waals surface area contributed by atoms with Crippen molar-refractivity contribution in [3.63, 3.8) is 0 Å². The quantitative estimate of drug-likeness (QED) is 0.854. The maximum Gasteiger partial charge on any atom is 0.161 e. The first-order valence-electron chi connectivity index (χ1n) is 6.50. The van der Waals surface area contributed by atoms with Gasteiger partial charge in [-0.2, -0.15) is 0 Å². The second-order valence-electron chi connectivity index (χ2n) is 4.97. The van der Waals surface area contributed by atoms with Crippen LogP contribution in [-0.4, -0.2) is 13.2 Å². The highest BCUT2D eigenvalue weighted by molar-refractivity contribution is 5.44. The molecule has 0 amide bonds. The first kappa shape index (κ1) is 10.9. The minimum absolute atomic E-state index is 0.147. The molecule has 3 nitrogen and oxygen atoms in total. The van der Waals surface area contributed by atoms with Crippen LogP contribution in [0.5, 0.6) is 11.5 Å². The third kappa shape index (κ3) is 2.12. The Morgan fingerprint density at radius 3 is 2.53 bits per heavy atom. The van der Waals surface area contributed by atoms with E-state index in [1.807, 2.05) is 6.07 Å². The number of rotatable bonds is 2. The zero-order valence-electron chi connectivity index (χ0n) is 10.0. The van der Waals surface area contributed by atoms with E-state index in [9.17, 15) is 0 Å². The summed E-state index contributed by atoms with van der Waals surface area (Å²) in [5.74, 6) is 2.33. The molecular formula is C14H19NO2. The maximum atomic E-state index is 6.34. The molecule has 0 bridgehead atoms. The number of benzene rings is 1. The van der Waals surface area contributed by atoms with E-state index >= 15 is 0 Å². The molecule has 1 fully saturated rings. The molecule has 2 N–H and O–H groups in total. The SMILES string of the molecule is N[C@H](c1ccc2c(c1)OCCO2)C1CCCC1. The van der Waals surface area contributed by atoms with Crippen LogP contribution < -0.4 is 15.2 Å². The van der Waals surface area contributed by atoms with Gasteiger partial charge in [-0.3, -0.25) is 0 Å². The highest BCUT2D eigenvalue weighted by Gasteiger charge is 2.24. The number of hydrogen-bond acceptors (Lipinski definition) is 3. The summed E-state index contributed by atoms with van der Waals surface area (Å²) in [7, 11) is 0. The Bertz CT molecular complexity index is 399. The summed E-state index contributed by atoms with van der Waals surface area (Å²) < 4.78 is 11.1. The van der Waals surface area contributed by atoms with Crippen molar-refractivity contribution in [2.75, 3.05) is 13.2 Å². The van der Waals surface area contributed by atoms with Gasteiger partial charge in [-0.05, 0) is 36.5 Å². The van der Waals surface area contributed by atoms with Crippen molar-refractivity contribution < 1.29 is 9.47 Å². The van der Waals surface area contributed by atoms with Crippen LogP contribution in [0.1, 0.15) is 37.3 Å². The van der Waals surface area contributed by atoms with Gasteiger partial charge in [0.1, 0.15) is 13.2 Å². The molecule has 92 valence electrons. The molecular weight excluding hydrogens is 214 g/mol. The van der Waals surface area contributed by atoms with Gasteiger partial charge in [0.25, 0.3) is 0 Å². The monoisotopic (exact) mass is 233 g/mol. The number of nitrogens with two attached hydrogens (primary N) is 1. The topological polar surface area (TPSA) is 44.5 Å². The van der Waals surface area contributed by atoms with Gasteiger partial charge in [-0.15, -0.1) is 0 Å². The third-order valence-corrected chi connectivity index (χ3v) is 3.86. The van der Waals surface area contributed by atoms with Crippen LogP contribution in [0.3, 0.4) is 0 Å². The van der Waals surface area contributed by atoms with Crippen molar-refractivity contribution in [1.29, 1.82) is 0 Å². The van der Waals surface area contributed by atoms with Gasteiger partial charge in [0.15, 0.2) is 11.5 Å². The molecule has 0 radical (unpaired) electrons. The predicted molar refractivity (Wildman–Crippen MR) is 66.3 cm³/mol. The predicted octanol–water partition coefficient (Wildman–Crippen LogP) is 2.65. The molecule has 2 aliphatic rings. The largest absolute Gasteiger partial charge is 0.486 e. The zero-order valence-corrected chi connectivity index (χ0v) is 10.0. The van der Waals surface area contributed by atoms with Gasteiger partial charge in [-0.1, -0.05) is 18.9 Å². The highest BCUT2D eigenvalue weighted by atomic mass is 16.6. The average Bonchev–Trinajstić information content (AvgIpc) is 2.91. The fourth-order valence-electron chi connectivity index (χ4n) is 2.86. The Balaban J connectivity index is 1.82. The average molecular weight is 233 g/mol. The molecule has 1 saturated carbocycles. The first-order chi connectivity index (χ1) is 8.34. The van der Waals surface area contributed by atoms with Crippen molar-refractivity contribution in [3.8, 4) is 11.5 Å². The zero-order chi connectivity index (χ0) is 11.7. The Morgan fingerprint density at radius 1 is 1.06 bits per heavy atom. The molecule has 1 aliphatic carbocycles. The fraction of sp³-hybridized carbons (Fsp3) is 0.571. The lowest BCUT2D eigenvalue weighted by Gasteiger charge is -2.23. The third-order valence-electron chi connectivity index (χ3n) is 3.86. The summed E-state index contributed by atoms with van der Waals surface area (Å²) in [6.07, 6.45) is 5.16. The normalized spacial score (nSPS) is 21.5. The minimum atomic E-state index is 0.147. The second-order valence-corrected chi connectivity index (χ2v) is 4.97. The fourth-order valence-corrected chi connectivity index (χ4v) is 2.86. The van der Waals surface area contributed by atoms with Gasteiger partial charge < -0.3 is 15.2 Å². The van der Waals surface area contributed by atoms with Crippen molar-refractivity contribution >= 4 is 0 Å². The summed E-state index contributed by atoms with van der Waals surface area (Å²) in [6.45, 7) is 1.27. The molecule has 1 aromatic carbocycles.